The van der Waals surface area contributed by atoms with E-state index in [9.17, 15) is 4.79 Å². The van der Waals surface area contributed by atoms with Crippen LogP contribution in [-0.2, 0) is 11.3 Å². The van der Waals surface area contributed by atoms with Gasteiger partial charge in [-0.2, -0.15) is 0 Å². The number of thioether (sulfide) groups is 1. The van der Waals surface area contributed by atoms with E-state index in [1.54, 1.807) is 11.0 Å². The molecule has 0 N–H and O–H groups in total. The first kappa shape index (κ1) is 19.0. The molecule has 0 saturated carbocycles. The van der Waals surface area contributed by atoms with Gasteiger partial charge in [0.05, 0.1) is 4.91 Å². The zero-order valence-electron chi connectivity index (χ0n) is 15.0. The smallest absolute Gasteiger partial charge is 0.266 e. The Balaban J connectivity index is 1.75. The largest absolute Gasteiger partial charge is 0.342 e. The summed E-state index contributed by atoms with van der Waals surface area (Å²) in [6, 6.07) is 16.0. The van der Waals surface area contributed by atoms with Crippen LogP contribution >= 0.6 is 35.6 Å². The number of carbonyl (C=O) groups is 1. The molecular weight excluding hydrogens is 408 g/mol. The van der Waals surface area contributed by atoms with Crippen LogP contribution in [0, 0.1) is 0 Å². The Hall–Kier alpha value is -2.34. The van der Waals surface area contributed by atoms with Crippen LogP contribution in [-0.4, -0.2) is 26.2 Å². The molecule has 0 bridgehead atoms. The molecule has 1 amide bonds. The molecule has 3 aromatic rings. The third-order valence-corrected chi connectivity index (χ3v) is 6.34. The number of para-hydroxylation sites is 1. The first-order valence-corrected chi connectivity index (χ1v) is 10.4. The number of halogens is 1. The summed E-state index contributed by atoms with van der Waals surface area (Å²) < 4.78 is 2.73. The molecule has 4 rings (SSSR count). The first-order valence-electron chi connectivity index (χ1n) is 8.76. The standard InChI is InChI=1S/C22H17ClN2OS2/c1-2-11-25-21(26)20(28-22(25)27)12-16-14-24(19-10-6-4-8-17(16)19)13-15-7-3-5-9-18(15)23/h2-10,12,14H,1,11,13H2/b20-12-. The molecule has 1 aliphatic heterocycles. The molecule has 1 fully saturated rings. The van der Waals surface area contributed by atoms with Crippen LogP contribution in [0.1, 0.15) is 11.1 Å². The van der Waals surface area contributed by atoms with Gasteiger partial charge < -0.3 is 4.57 Å². The number of nitrogens with zero attached hydrogens (tertiary/aromatic N) is 2. The molecule has 2 heterocycles. The Morgan fingerprint density at radius 3 is 2.68 bits per heavy atom. The lowest BCUT2D eigenvalue weighted by Crippen LogP contribution is -2.27. The molecule has 0 atom stereocenters. The molecule has 28 heavy (non-hydrogen) atoms. The third-order valence-electron chi connectivity index (χ3n) is 4.59. The summed E-state index contributed by atoms with van der Waals surface area (Å²) >= 11 is 13.0. The minimum Gasteiger partial charge on any atom is -0.342 e. The van der Waals surface area contributed by atoms with Crippen molar-refractivity contribution in [3.05, 3.63) is 88.4 Å². The van der Waals surface area contributed by atoms with Gasteiger partial charge in [0.1, 0.15) is 4.32 Å². The summed E-state index contributed by atoms with van der Waals surface area (Å²) in [5.74, 6) is -0.0714. The van der Waals surface area contributed by atoms with Gasteiger partial charge in [0.2, 0.25) is 0 Å². The van der Waals surface area contributed by atoms with Crippen molar-refractivity contribution in [2.75, 3.05) is 6.54 Å². The van der Waals surface area contributed by atoms with Crippen LogP contribution in [0.5, 0.6) is 0 Å². The maximum Gasteiger partial charge on any atom is 0.266 e. The number of fused-ring (bicyclic) bond motifs is 1. The van der Waals surface area contributed by atoms with E-state index in [1.807, 2.05) is 42.5 Å². The molecule has 0 unspecified atom stereocenters. The summed E-state index contributed by atoms with van der Waals surface area (Å²) in [6.45, 7) is 4.78. The second-order valence-corrected chi connectivity index (χ2v) is 8.48. The van der Waals surface area contributed by atoms with Crippen LogP contribution in [0.2, 0.25) is 5.02 Å². The van der Waals surface area contributed by atoms with Gasteiger partial charge in [-0.05, 0) is 23.8 Å². The van der Waals surface area contributed by atoms with Crippen molar-refractivity contribution in [1.82, 2.24) is 9.47 Å². The van der Waals surface area contributed by atoms with Crippen molar-refractivity contribution in [3.8, 4) is 0 Å². The Labute approximate surface area is 178 Å². The van der Waals surface area contributed by atoms with Crippen molar-refractivity contribution in [1.29, 1.82) is 0 Å². The van der Waals surface area contributed by atoms with Gasteiger partial charge >= 0.3 is 0 Å². The number of thiocarbonyl (C=S) groups is 1. The lowest BCUT2D eigenvalue weighted by Gasteiger charge is -2.10. The predicted octanol–water partition coefficient (Wildman–Crippen LogP) is 5.73. The maximum atomic E-state index is 12.7. The zero-order valence-corrected chi connectivity index (χ0v) is 17.4. The van der Waals surface area contributed by atoms with E-state index in [2.05, 4.69) is 29.5 Å². The molecule has 3 nitrogen and oxygen atoms in total. The fourth-order valence-electron chi connectivity index (χ4n) is 3.26. The highest BCUT2D eigenvalue weighted by molar-refractivity contribution is 8.26. The lowest BCUT2D eigenvalue weighted by molar-refractivity contribution is -0.121. The highest BCUT2D eigenvalue weighted by atomic mass is 35.5. The monoisotopic (exact) mass is 424 g/mol. The minimum atomic E-state index is -0.0714. The molecule has 0 spiro atoms. The van der Waals surface area contributed by atoms with E-state index < -0.39 is 0 Å². The Kier molecular flexibility index (Phi) is 5.40. The quantitative estimate of drug-likeness (QED) is 0.297. The van der Waals surface area contributed by atoms with E-state index in [0.29, 0.717) is 22.3 Å². The van der Waals surface area contributed by atoms with Gasteiger partial charge in [-0.1, -0.05) is 78.1 Å². The number of hydrogen-bond acceptors (Lipinski definition) is 3. The second kappa shape index (κ2) is 7.95. The second-order valence-electron chi connectivity index (χ2n) is 6.40. The van der Waals surface area contributed by atoms with Gasteiger partial charge in [0.15, 0.2) is 0 Å². The van der Waals surface area contributed by atoms with Gasteiger partial charge in [-0.3, -0.25) is 9.69 Å². The van der Waals surface area contributed by atoms with Gasteiger partial charge in [-0.25, -0.2) is 0 Å². The summed E-state index contributed by atoms with van der Waals surface area (Å²) in [5.41, 5.74) is 3.13. The first-order chi connectivity index (χ1) is 13.6. The van der Waals surface area contributed by atoms with E-state index in [1.165, 1.54) is 11.8 Å². The average Bonchev–Trinajstić information content (AvgIpc) is 3.17. The number of aromatic nitrogens is 1. The minimum absolute atomic E-state index is 0.0714. The molecule has 0 aliphatic carbocycles. The number of rotatable bonds is 5. The molecule has 1 aliphatic rings. The van der Waals surface area contributed by atoms with E-state index >= 15 is 0 Å². The fraction of sp³-hybridized carbons (Fsp3) is 0.0909. The van der Waals surface area contributed by atoms with Crippen LogP contribution in [0.25, 0.3) is 17.0 Å². The Morgan fingerprint density at radius 2 is 1.89 bits per heavy atom. The number of hydrogen-bond donors (Lipinski definition) is 0. The molecule has 1 saturated heterocycles. The van der Waals surface area contributed by atoms with Crippen LogP contribution in [0.15, 0.2) is 72.3 Å². The SMILES string of the molecule is C=CCN1C(=O)/C(=C/c2cn(Cc3ccccc3Cl)c3ccccc23)SC1=S. The van der Waals surface area contributed by atoms with Gasteiger partial charge in [-0.15, -0.1) is 6.58 Å². The normalized spacial score (nSPS) is 15.8. The van der Waals surface area contributed by atoms with Crippen molar-refractivity contribution in [3.63, 3.8) is 0 Å². The highest BCUT2D eigenvalue weighted by Crippen LogP contribution is 2.34. The number of benzene rings is 2. The summed E-state index contributed by atoms with van der Waals surface area (Å²) in [5, 5.41) is 1.83. The predicted molar refractivity (Wildman–Crippen MR) is 123 cm³/mol. The fourth-order valence-corrected chi connectivity index (χ4v) is 4.72. The molecule has 1 aromatic heterocycles. The molecule has 6 heteroatoms. The number of carbonyl (C=O) groups excluding carboxylic acids is 1. The van der Waals surface area contributed by atoms with Crippen LogP contribution < -0.4 is 0 Å². The lowest BCUT2D eigenvalue weighted by atomic mass is 10.1. The summed E-state index contributed by atoms with van der Waals surface area (Å²) in [4.78, 5) is 14.9. The van der Waals surface area contributed by atoms with Gasteiger partial charge in [0.25, 0.3) is 5.91 Å². The Morgan fingerprint density at radius 1 is 1.14 bits per heavy atom. The molecular formula is C22H17ClN2OS2. The van der Waals surface area contributed by atoms with E-state index in [4.69, 9.17) is 23.8 Å². The van der Waals surface area contributed by atoms with Crippen molar-refractivity contribution < 1.29 is 4.79 Å². The highest BCUT2D eigenvalue weighted by Gasteiger charge is 2.31. The average molecular weight is 425 g/mol. The molecule has 2 aromatic carbocycles. The van der Waals surface area contributed by atoms with Crippen molar-refractivity contribution >= 4 is 62.8 Å². The summed E-state index contributed by atoms with van der Waals surface area (Å²) in [6.07, 6.45) is 5.67. The molecule has 140 valence electrons. The maximum absolute atomic E-state index is 12.7. The third kappa shape index (κ3) is 3.53. The van der Waals surface area contributed by atoms with Crippen molar-refractivity contribution in [2.24, 2.45) is 0 Å². The van der Waals surface area contributed by atoms with E-state index in [0.717, 1.165) is 27.1 Å². The van der Waals surface area contributed by atoms with Gasteiger partial charge in [0, 0.05) is 40.8 Å². The Bertz CT molecular complexity index is 1130. The van der Waals surface area contributed by atoms with E-state index in [-0.39, 0.29) is 5.91 Å². The topological polar surface area (TPSA) is 25.2 Å². The number of amides is 1. The van der Waals surface area contributed by atoms with Crippen molar-refractivity contribution in [2.45, 2.75) is 6.54 Å². The molecule has 0 radical (unpaired) electrons. The zero-order chi connectivity index (χ0) is 19.7. The van der Waals surface area contributed by atoms with Crippen LogP contribution in [0.4, 0.5) is 0 Å². The van der Waals surface area contributed by atoms with Crippen LogP contribution in [0.3, 0.4) is 0 Å². The summed E-state index contributed by atoms with van der Waals surface area (Å²) in [7, 11) is 0.